The molecule has 3 aromatic rings. The summed E-state index contributed by atoms with van der Waals surface area (Å²) in [6.07, 6.45) is 1.45. The Kier molecular flexibility index (Phi) is 5.43. The number of rotatable bonds is 4. The molecule has 0 bridgehead atoms. The lowest BCUT2D eigenvalue weighted by molar-refractivity contribution is -0.122. The summed E-state index contributed by atoms with van der Waals surface area (Å²) in [6, 6.07) is 14.3. The molecule has 1 fully saturated rings. The summed E-state index contributed by atoms with van der Waals surface area (Å²) in [4.78, 5) is 50.3. The van der Waals surface area contributed by atoms with Crippen molar-refractivity contribution in [2.24, 2.45) is 0 Å². The number of amides is 4. The molecule has 2 heterocycles. The largest absolute Gasteiger partial charge is 0.478 e. The molecule has 1 aliphatic heterocycles. The quantitative estimate of drug-likeness (QED) is 0.471. The fraction of sp³-hybridized carbons (Fsp3) is 0.120. The number of carboxylic acids is 1. The van der Waals surface area contributed by atoms with E-state index in [1.807, 2.05) is 18.4 Å². The number of carbonyl (C=O) groups excluding carboxylic acids is 3. The van der Waals surface area contributed by atoms with Crippen LogP contribution in [0.5, 0.6) is 0 Å². The van der Waals surface area contributed by atoms with E-state index in [9.17, 15) is 24.3 Å². The number of anilines is 1. The third-order valence-electron chi connectivity index (χ3n) is 5.52. The molecule has 0 saturated carbocycles. The summed E-state index contributed by atoms with van der Waals surface area (Å²) in [7, 11) is 0. The van der Waals surface area contributed by atoms with Gasteiger partial charge in [0.05, 0.1) is 11.3 Å². The zero-order valence-corrected chi connectivity index (χ0v) is 18.2. The number of benzene rings is 2. The first kappa shape index (κ1) is 21.8. The van der Waals surface area contributed by atoms with E-state index in [1.54, 1.807) is 55.5 Å². The van der Waals surface area contributed by atoms with E-state index < -0.39 is 23.8 Å². The van der Waals surface area contributed by atoms with Crippen LogP contribution in [0.1, 0.15) is 32.9 Å². The summed E-state index contributed by atoms with van der Waals surface area (Å²) in [5, 5.41) is 11.5. The highest BCUT2D eigenvalue weighted by Gasteiger charge is 2.37. The van der Waals surface area contributed by atoms with Crippen LogP contribution in [0.25, 0.3) is 11.8 Å². The van der Waals surface area contributed by atoms with E-state index in [1.165, 1.54) is 12.1 Å². The first-order valence-electron chi connectivity index (χ1n) is 10.2. The van der Waals surface area contributed by atoms with Crippen LogP contribution >= 0.6 is 0 Å². The van der Waals surface area contributed by atoms with E-state index in [-0.39, 0.29) is 11.1 Å². The normalized spacial score (nSPS) is 15.2. The van der Waals surface area contributed by atoms with Gasteiger partial charge < -0.3 is 9.67 Å². The molecule has 0 spiro atoms. The van der Waals surface area contributed by atoms with E-state index in [0.29, 0.717) is 22.6 Å². The minimum atomic E-state index is -1.04. The van der Waals surface area contributed by atoms with Crippen LogP contribution < -0.4 is 10.2 Å². The van der Waals surface area contributed by atoms with Gasteiger partial charge in [-0.15, -0.1) is 0 Å². The Hall–Kier alpha value is -4.46. The molecule has 0 radical (unpaired) electrons. The van der Waals surface area contributed by atoms with Crippen LogP contribution in [-0.4, -0.2) is 33.5 Å². The molecule has 2 N–H and O–H groups in total. The topological polar surface area (TPSA) is 109 Å². The van der Waals surface area contributed by atoms with Crippen molar-refractivity contribution in [2.45, 2.75) is 20.8 Å². The van der Waals surface area contributed by atoms with Gasteiger partial charge in [-0.05, 0) is 68.8 Å². The van der Waals surface area contributed by atoms with Gasteiger partial charge in [0, 0.05) is 17.1 Å². The van der Waals surface area contributed by atoms with E-state index in [0.717, 1.165) is 16.2 Å². The maximum atomic E-state index is 13.1. The van der Waals surface area contributed by atoms with Crippen molar-refractivity contribution in [3.8, 4) is 5.69 Å². The molecule has 1 aromatic heterocycles. The minimum absolute atomic E-state index is 0.147. The highest BCUT2D eigenvalue weighted by atomic mass is 16.4. The Balaban J connectivity index is 1.76. The number of hydrogen-bond donors (Lipinski definition) is 2. The number of nitrogens with one attached hydrogen (secondary N) is 1. The van der Waals surface area contributed by atoms with Crippen molar-refractivity contribution in [1.29, 1.82) is 0 Å². The molecular weight excluding hydrogens is 422 g/mol. The van der Waals surface area contributed by atoms with E-state index >= 15 is 0 Å². The van der Waals surface area contributed by atoms with Crippen molar-refractivity contribution >= 4 is 35.6 Å². The van der Waals surface area contributed by atoms with Crippen LogP contribution in [0.4, 0.5) is 10.5 Å². The predicted molar refractivity (Wildman–Crippen MR) is 122 cm³/mol. The lowest BCUT2D eigenvalue weighted by Crippen LogP contribution is -2.54. The van der Waals surface area contributed by atoms with Gasteiger partial charge in [0.15, 0.2) is 0 Å². The maximum absolute atomic E-state index is 13.1. The molecule has 8 nitrogen and oxygen atoms in total. The molecule has 33 heavy (non-hydrogen) atoms. The van der Waals surface area contributed by atoms with Crippen LogP contribution in [-0.2, 0) is 9.59 Å². The SMILES string of the molecule is Cc1ccc(N2C(=O)NC(=O)/C(=C\c3cc(C)n(-c4cccc(C(=O)O)c4)c3C)C2=O)cc1. The van der Waals surface area contributed by atoms with Gasteiger partial charge in [-0.2, -0.15) is 0 Å². The molecule has 4 amide bonds. The Morgan fingerprint density at radius 2 is 1.64 bits per heavy atom. The second kappa shape index (κ2) is 8.23. The molecule has 4 rings (SSSR count). The highest BCUT2D eigenvalue weighted by Crippen LogP contribution is 2.26. The number of nitrogens with zero attached hydrogens (tertiary/aromatic N) is 2. The van der Waals surface area contributed by atoms with Crippen molar-refractivity contribution < 1.29 is 24.3 Å². The van der Waals surface area contributed by atoms with E-state index in [4.69, 9.17) is 0 Å². The fourth-order valence-electron chi connectivity index (χ4n) is 3.85. The van der Waals surface area contributed by atoms with Gasteiger partial charge in [0.2, 0.25) is 0 Å². The number of hydrogen-bond acceptors (Lipinski definition) is 4. The monoisotopic (exact) mass is 443 g/mol. The van der Waals surface area contributed by atoms with Gasteiger partial charge in [-0.1, -0.05) is 23.8 Å². The number of urea groups is 1. The number of carbonyl (C=O) groups is 4. The number of barbiturate groups is 1. The first-order valence-corrected chi connectivity index (χ1v) is 10.2. The number of aromatic carboxylic acids is 1. The van der Waals surface area contributed by atoms with Gasteiger partial charge in [-0.25, -0.2) is 14.5 Å². The summed E-state index contributed by atoms with van der Waals surface area (Å²) < 4.78 is 1.84. The van der Waals surface area contributed by atoms with Gasteiger partial charge >= 0.3 is 12.0 Å². The molecule has 166 valence electrons. The number of aryl methyl sites for hydroxylation is 2. The summed E-state index contributed by atoms with van der Waals surface area (Å²) >= 11 is 0. The summed E-state index contributed by atoms with van der Waals surface area (Å²) in [5.74, 6) is -2.52. The number of aromatic nitrogens is 1. The minimum Gasteiger partial charge on any atom is -0.478 e. The number of imide groups is 2. The van der Waals surface area contributed by atoms with Gasteiger partial charge in [0.25, 0.3) is 11.8 Å². The Bertz CT molecular complexity index is 1350. The Morgan fingerprint density at radius 3 is 2.30 bits per heavy atom. The molecule has 0 aliphatic carbocycles. The molecule has 1 saturated heterocycles. The second-order valence-electron chi connectivity index (χ2n) is 7.81. The first-order chi connectivity index (χ1) is 15.7. The van der Waals surface area contributed by atoms with E-state index in [2.05, 4.69) is 5.32 Å². The molecule has 0 unspecified atom stereocenters. The maximum Gasteiger partial charge on any atom is 0.335 e. The van der Waals surface area contributed by atoms with Crippen molar-refractivity contribution in [3.63, 3.8) is 0 Å². The second-order valence-corrected chi connectivity index (χ2v) is 7.81. The third kappa shape index (κ3) is 3.94. The molecule has 2 aromatic carbocycles. The third-order valence-corrected chi connectivity index (χ3v) is 5.52. The number of carboxylic acid groups (broad SMARTS) is 1. The average Bonchev–Trinajstić information content (AvgIpc) is 3.05. The Morgan fingerprint density at radius 1 is 0.939 bits per heavy atom. The smallest absolute Gasteiger partial charge is 0.335 e. The fourth-order valence-corrected chi connectivity index (χ4v) is 3.85. The zero-order valence-electron chi connectivity index (χ0n) is 18.2. The van der Waals surface area contributed by atoms with Crippen molar-refractivity contribution in [3.05, 3.63) is 88.2 Å². The predicted octanol–water partition coefficient (Wildman–Crippen LogP) is 3.77. The lowest BCUT2D eigenvalue weighted by Gasteiger charge is -2.26. The van der Waals surface area contributed by atoms with Crippen LogP contribution in [0, 0.1) is 20.8 Å². The standard InChI is InChI=1S/C25H21N3O5/c1-14-7-9-19(10-8-14)28-23(30)21(22(29)26-25(28)33)13-18-11-15(2)27(16(18)3)20-6-4-5-17(12-20)24(31)32/h4-13H,1-3H3,(H,31,32)(H,26,29,33)/b21-13+. The lowest BCUT2D eigenvalue weighted by atomic mass is 10.1. The Labute approximate surface area is 189 Å². The summed E-state index contributed by atoms with van der Waals surface area (Å²) in [5.41, 5.74) is 4.05. The zero-order chi connectivity index (χ0) is 23.9. The van der Waals surface area contributed by atoms with Crippen LogP contribution in [0.2, 0.25) is 0 Å². The van der Waals surface area contributed by atoms with Gasteiger partial charge in [0.1, 0.15) is 5.57 Å². The molecule has 8 heteroatoms. The van der Waals surface area contributed by atoms with Gasteiger partial charge in [-0.3, -0.25) is 14.9 Å². The summed E-state index contributed by atoms with van der Waals surface area (Å²) in [6.45, 7) is 5.53. The highest BCUT2D eigenvalue weighted by molar-refractivity contribution is 6.39. The molecular formula is C25H21N3O5. The molecule has 0 atom stereocenters. The van der Waals surface area contributed by atoms with Crippen LogP contribution in [0.3, 0.4) is 0 Å². The molecule has 1 aliphatic rings. The van der Waals surface area contributed by atoms with Crippen molar-refractivity contribution in [2.75, 3.05) is 4.90 Å². The average molecular weight is 443 g/mol. The van der Waals surface area contributed by atoms with Crippen LogP contribution in [0.15, 0.2) is 60.2 Å². The van der Waals surface area contributed by atoms with Crippen molar-refractivity contribution in [1.82, 2.24) is 9.88 Å².